The summed E-state index contributed by atoms with van der Waals surface area (Å²) in [5.74, 6) is -0.507. The number of rotatable bonds is 4. The van der Waals surface area contributed by atoms with Crippen LogP contribution >= 0.6 is 11.3 Å². The van der Waals surface area contributed by atoms with Gasteiger partial charge in [0.1, 0.15) is 6.04 Å². The monoisotopic (exact) mass is 329 g/mol. The van der Waals surface area contributed by atoms with E-state index in [1.807, 2.05) is 6.07 Å². The highest BCUT2D eigenvalue weighted by Gasteiger charge is 2.20. The molecule has 0 radical (unpaired) electrons. The molecule has 1 aromatic carbocycles. The van der Waals surface area contributed by atoms with Crippen molar-refractivity contribution in [2.75, 3.05) is 5.32 Å². The van der Waals surface area contributed by atoms with Crippen molar-refractivity contribution in [2.45, 2.75) is 38.6 Å². The maximum Gasteiger partial charge on any atom is 0.251 e. The van der Waals surface area contributed by atoms with E-state index in [9.17, 15) is 9.59 Å². The Bertz CT molecular complexity index is 688. The van der Waals surface area contributed by atoms with Gasteiger partial charge in [-0.3, -0.25) is 9.59 Å². The minimum Gasteiger partial charge on any atom is -0.341 e. The van der Waals surface area contributed by atoms with Crippen molar-refractivity contribution in [1.82, 2.24) is 10.3 Å². The summed E-state index contributed by atoms with van der Waals surface area (Å²) in [5.41, 5.74) is 1.65. The molecule has 2 N–H and O–H groups in total. The molecular formula is C17H19N3O2S. The van der Waals surface area contributed by atoms with Crippen molar-refractivity contribution in [1.29, 1.82) is 0 Å². The second kappa shape index (κ2) is 6.91. The Labute approximate surface area is 139 Å². The molecule has 1 aliphatic carbocycles. The number of benzene rings is 1. The largest absolute Gasteiger partial charge is 0.341 e. The number of amides is 2. The number of nitrogens with one attached hydrogen (secondary N) is 2. The molecule has 5 nitrogen and oxygen atoms in total. The van der Waals surface area contributed by atoms with Gasteiger partial charge in [-0.1, -0.05) is 18.2 Å². The minimum atomic E-state index is -0.622. The normalized spacial score (nSPS) is 14.7. The molecule has 0 aliphatic heterocycles. The van der Waals surface area contributed by atoms with E-state index in [0.29, 0.717) is 10.7 Å². The third-order valence-corrected chi connectivity index (χ3v) is 4.93. The molecule has 0 fully saturated rings. The number of aromatic nitrogens is 1. The molecule has 3 rings (SSSR count). The summed E-state index contributed by atoms with van der Waals surface area (Å²) in [5, 5.41) is 6.14. The molecule has 1 aliphatic rings. The van der Waals surface area contributed by atoms with E-state index in [1.165, 1.54) is 11.3 Å². The van der Waals surface area contributed by atoms with E-state index in [1.54, 1.807) is 42.5 Å². The third-order valence-electron chi connectivity index (χ3n) is 3.85. The first kappa shape index (κ1) is 15.7. The molecule has 2 amide bonds. The summed E-state index contributed by atoms with van der Waals surface area (Å²) in [6, 6.07) is 8.24. The van der Waals surface area contributed by atoms with Gasteiger partial charge in [0.25, 0.3) is 5.91 Å². The van der Waals surface area contributed by atoms with Gasteiger partial charge in [-0.15, -0.1) is 11.3 Å². The van der Waals surface area contributed by atoms with Gasteiger partial charge in [0, 0.05) is 10.4 Å². The summed E-state index contributed by atoms with van der Waals surface area (Å²) >= 11 is 1.54. The lowest BCUT2D eigenvalue weighted by Gasteiger charge is -2.12. The second-order valence-corrected chi connectivity index (χ2v) is 6.73. The Hall–Kier alpha value is -2.21. The maximum atomic E-state index is 12.2. The van der Waals surface area contributed by atoms with Crippen molar-refractivity contribution in [2.24, 2.45) is 0 Å². The van der Waals surface area contributed by atoms with Crippen LogP contribution in [0.25, 0.3) is 0 Å². The Morgan fingerprint density at radius 1 is 1.17 bits per heavy atom. The highest BCUT2D eigenvalue weighted by atomic mass is 32.1. The van der Waals surface area contributed by atoms with Crippen LogP contribution in [-0.2, 0) is 17.6 Å². The molecule has 1 heterocycles. The van der Waals surface area contributed by atoms with Crippen molar-refractivity contribution in [3.63, 3.8) is 0 Å². The Balaban J connectivity index is 1.59. The first-order chi connectivity index (χ1) is 11.1. The van der Waals surface area contributed by atoms with Gasteiger partial charge in [0.15, 0.2) is 5.13 Å². The predicted octanol–water partition coefficient (Wildman–Crippen LogP) is 2.78. The lowest BCUT2D eigenvalue weighted by molar-refractivity contribution is -0.117. The van der Waals surface area contributed by atoms with Crippen LogP contribution < -0.4 is 10.6 Å². The quantitative estimate of drug-likeness (QED) is 0.906. The zero-order valence-electron chi connectivity index (χ0n) is 13.0. The van der Waals surface area contributed by atoms with Crippen molar-refractivity contribution in [3.8, 4) is 0 Å². The topological polar surface area (TPSA) is 71.1 Å². The van der Waals surface area contributed by atoms with Gasteiger partial charge < -0.3 is 10.6 Å². The Morgan fingerprint density at radius 2 is 1.91 bits per heavy atom. The SMILES string of the molecule is CC(NC(=O)c1ccccc1)C(=O)Nc1nc2c(s1)CCCC2. The number of carbonyl (C=O) groups excluding carboxylic acids is 2. The van der Waals surface area contributed by atoms with Gasteiger partial charge in [-0.2, -0.15) is 0 Å². The standard InChI is InChI=1S/C17H19N3O2S/c1-11(18-16(22)12-7-3-2-4-8-12)15(21)20-17-19-13-9-5-6-10-14(13)23-17/h2-4,7-8,11H,5-6,9-10H2,1H3,(H,18,22)(H,19,20,21). The third kappa shape index (κ3) is 3.76. The summed E-state index contributed by atoms with van der Waals surface area (Å²) in [6.45, 7) is 1.67. The smallest absolute Gasteiger partial charge is 0.251 e. The van der Waals surface area contributed by atoms with Gasteiger partial charge >= 0.3 is 0 Å². The van der Waals surface area contributed by atoms with E-state index in [2.05, 4.69) is 15.6 Å². The van der Waals surface area contributed by atoms with Crippen LogP contribution in [-0.4, -0.2) is 22.8 Å². The molecule has 6 heteroatoms. The van der Waals surface area contributed by atoms with Gasteiger partial charge in [0.2, 0.25) is 5.91 Å². The fourth-order valence-electron chi connectivity index (χ4n) is 2.55. The van der Waals surface area contributed by atoms with E-state index in [0.717, 1.165) is 25.0 Å². The van der Waals surface area contributed by atoms with E-state index < -0.39 is 6.04 Å². The average molecular weight is 329 g/mol. The molecule has 1 unspecified atom stereocenters. The van der Waals surface area contributed by atoms with Crippen LogP contribution in [0.5, 0.6) is 0 Å². The van der Waals surface area contributed by atoms with Crippen LogP contribution in [0.1, 0.15) is 40.7 Å². The highest BCUT2D eigenvalue weighted by Crippen LogP contribution is 2.29. The van der Waals surface area contributed by atoms with Gasteiger partial charge in [0.05, 0.1) is 5.69 Å². The van der Waals surface area contributed by atoms with Crippen molar-refractivity contribution >= 4 is 28.3 Å². The zero-order valence-corrected chi connectivity index (χ0v) is 13.8. The van der Waals surface area contributed by atoms with E-state index in [-0.39, 0.29) is 11.8 Å². The average Bonchev–Trinajstić information content (AvgIpc) is 2.97. The fourth-order valence-corrected chi connectivity index (χ4v) is 3.61. The van der Waals surface area contributed by atoms with Crippen LogP contribution in [0.15, 0.2) is 30.3 Å². The van der Waals surface area contributed by atoms with Crippen LogP contribution in [0.3, 0.4) is 0 Å². The van der Waals surface area contributed by atoms with E-state index in [4.69, 9.17) is 0 Å². The number of nitrogens with zero attached hydrogens (tertiary/aromatic N) is 1. The van der Waals surface area contributed by atoms with Crippen LogP contribution in [0, 0.1) is 0 Å². The molecule has 0 bridgehead atoms. The first-order valence-corrected chi connectivity index (χ1v) is 8.60. The summed E-state index contributed by atoms with van der Waals surface area (Å²) in [4.78, 5) is 30.1. The Morgan fingerprint density at radius 3 is 2.65 bits per heavy atom. The number of fused-ring (bicyclic) bond motifs is 1. The molecule has 1 atom stereocenters. The fraction of sp³-hybridized carbons (Fsp3) is 0.353. The summed E-state index contributed by atoms with van der Waals surface area (Å²) in [7, 11) is 0. The molecular weight excluding hydrogens is 310 g/mol. The number of thiazole rings is 1. The maximum absolute atomic E-state index is 12.2. The summed E-state index contributed by atoms with van der Waals surface area (Å²) < 4.78 is 0. The molecule has 0 spiro atoms. The molecule has 1 aromatic heterocycles. The lowest BCUT2D eigenvalue weighted by Crippen LogP contribution is -2.41. The lowest BCUT2D eigenvalue weighted by atomic mass is 10.0. The number of hydrogen-bond acceptors (Lipinski definition) is 4. The van der Waals surface area contributed by atoms with Gasteiger partial charge in [-0.25, -0.2) is 4.98 Å². The molecule has 120 valence electrons. The van der Waals surface area contributed by atoms with Gasteiger partial charge in [-0.05, 0) is 44.7 Å². The number of aryl methyl sites for hydroxylation is 2. The number of anilines is 1. The predicted molar refractivity (Wildman–Crippen MR) is 90.8 cm³/mol. The second-order valence-electron chi connectivity index (χ2n) is 5.65. The van der Waals surface area contributed by atoms with Crippen LogP contribution in [0.4, 0.5) is 5.13 Å². The molecule has 0 saturated heterocycles. The van der Waals surface area contributed by atoms with Crippen molar-refractivity contribution in [3.05, 3.63) is 46.5 Å². The Kier molecular flexibility index (Phi) is 4.71. The summed E-state index contributed by atoms with van der Waals surface area (Å²) in [6.07, 6.45) is 4.38. The first-order valence-electron chi connectivity index (χ1n) is 7.79. The van der Waals surface area contributed by atoms with Crippen LogP contribution in [0.2, 0.25) is 0 Å². The van der Waals surface area contributed by atoms with Crippen molar-refractivity contribution < 1.29 is 9.59 Å². The molecule has 23 heavy (non-hydrogen) atoms. The number of carbonyl (C=O) groups is 2. The highest BCUT2D eigenvalue weighted by molar-refractivity contribution is 7.15. The molecule has 2 aromatic rings. The minimum absolute atomic E-state index is 0.250. The zero-order chi connectivity index (χ0) is 16.2. The molecule has 0 saturated carbocycles. The van der Waals surface area contributed by atoms with E-state index >= 15 is 0 Å². The number of hydrogen-bond donors (Lipinski definition) is 2.